The van der Waals surface area contributed by atoms with Gasteiger partial charge in [-0.3, -0.25) is 4.98 Å². The summed E-state index contributed by atoms with van der Waals surface area (Å²) >= 11 is 0. The Hall–Kier alpha value is -12.7. The molecule has 8 heteroatoms. The molecule has 0 amide bonds. The van der Waals surface area contributed by atoms with Crippen LogP contribution in [0.5, 0.6) is 0 Å². The van der Waals surface area contributed by atoms with Gasteiger partial charge in [0.25, 0.3) is 0 Å². The number of nitriles is 1. The molecule has 0 saturated heterocycles. The Morgan fingerprint density at radius 2 is 0.467 bits per heavy atom. The molecule has 0 radical (unpaired) electrons. The van der Waals surface area contributed by atoms with Crippen LogP contribution in [0.3, 0.4) is 0 Å². The Morgan fingerprint density at radius 1 is 0.228 bits per heavy atom. The van der Waals surface area contributed by atoms with Gasteiger partial charge in [0.2, 0.25) is 0 Å². The SMILES string of the molecule is N#Cc1ccc(-c2c(-n3c4ccccc4c4ccccc43)c(-n3c4ccccc4c4ccccc43)c(-n3c4ccccc4c4cc(-n5c6ccccc6c6ccccc65)ccc43)c(-n3c4ccccc4c4ccccc43)c2-n2c3ccccc3c3ccccc32)nc1. The Kier molecular flexibility index (Phi) is 10.5. The van der Waals surface area contributed by atoms with Crippen LogP contribution in [0.2, 0.25) is 0 Å². The maximum Gasteiger partial charge on any atom is 0.101 e. The number of pyridine rings is 1. The molecule has 426 valence electrons. The maximum atomic E-state index is 10.7. The molecule has 0 bridgehead atoms. The van der Waals surface area contributed by atoms with Gasteiger partial charge in [-0.15, -0.1) is 0 Å². The Balaban J connectivity index is 1.13. The minimum Gasteiger partial charge on any atom is -0.309 e. The molecule has 0 unspecified atom stereocenters. The molecule has 0 aliphatic heterocycles. The van der Waals surface area contributed by atoms with Crippen LogP contribution in [0.25, 0.3) is 176 Å². The van der Waals surface area contributed by atoms with Crippen LogP contribution < -0.4 is 0 Å². The van der Waals surface area contributed by atoms with Crippen molar-refractivity contribution in [3.05, 3.63) is 309 Å². The first-order valence-electron chi connectivity index (χ1n) is 31.3. The van der Waals surface area contributed by atoms with Crippen LogP contribution in [0.1, 0.15) is 5.56 Å². The van der Waals surface area contributed by atoms with Crippen molar-refractivity contribution < 1.29 is 0 Å². The molecule has 0 N–H and O–H groups in total. The first-order chi connectivity index (χ1) is 45.7. The van der Waals surface area contributed by atoms with Gasteiger partial charge in [0.1, 0.15) is 6.07 Å². The zero-order valence-corrected chi connectivity index (χ0v) is 49.4. The number of fused-ring (bicyclic) bond motifs is 18. The van der Waals surface area contributed by atoms with Gasteiger partial charge >= 0.3 is 0 Å². The number of rotatable bonds is 7. The summed E-state index contributed by atoms with van der Waals surface area (Å²) in [6.45, 7) is 0. The Bertz CT molecular complexity index is 6070. The number of nitrogens with zero attached hydrogens (tertiary/aromatic N) is 8. The third kappa shape index (κ3) is 6.80. The summed E-state index contributed by atoms with van der Waals surface area (Å²) in [6.07, 6.45) is 1.75. The highest BCUT2D eigenvalue weighted by Gasteiger charge is 2.37. The average Bonchev–Trinajstić information content (AvgIpc) is 1.75. The van der Waals surface area contributed by atoms with Crippen LogP contribution in [-0.4, -0.2) is 32.4 Å². The van der Waals surface area contributed by atoms with E-state index >= 15 is 0 Å². The summed E-state index contributed by atoms with van der Waals surface area (Å²) in [6, 6.07) is 111. The lowest BCUT2D eigenvalue weighted by atomic mass is 9.97. The summed E-state index contributed by atoms with van der Waals surface area (Å²) < 4.78 is 15.2. The molecule has 7 aromatic heterocycles. The number of hydrogen-bond donors (Lipinski definition) is 0. The minimum absolute atomic E-state index is 0.470. The second kappa shape index (κ2) is 19.2. The molecule has 0 fully saturated rings. The van der Waals surface area contributed by atoms with E-state index in [-0.39, 0.29) is 0 Å². The Labute approximate surface area is 526 Å². The molecule has 20 aromatic rings. The molecule has 0 saturated carbocycles. The van der Waals surface area contributed by atoms with E-state index in [1.54, 1.807) is 6.20 Å². The van der Waals surface area contributed by atoms with Gasteiger partial charge in [-0.05, 0) is 97.1 Å². The van der Waals surface area contributed by atoms with Crippen molar-refractivity contribution in [2.24, 2.45) is 0 Å². The zero-order chi connectivity index (χ0) is 60.3. The third-order valence-corrected chi connectivity index (χ3v) is 19.5. The van der Waals surface area contributed by atoms with E-state index in [0.29, 0.717) is 11.3 Å². The highest BCUT2D eigenvalue weighted by Crippen LogP contribution is 2.54. The van der Waals surface area contributed by atoms with Gasteiger partial charge in [0, 0.05) is 76.5 Å². The van der Waals surface area contributed by atoms with E-state index in [9.17, 15) is 5.26 Å². The summed E-state index contributed by atoms with van der Waals surface area (Å²) in [4.78, 5) is 5.57. The summed E-state index contributed by atoms with van der Waals surface area (Å²) in [7, 11) is 0. The highest BCUT2D eigenvalue weighted by molar-refractivity contribution is 6.20. The quantitative estimate of drug-likeness (QED) is 0.160. The van der Waals surface area contributed by atoms with Gasteiger partial charge in [0.05, 0.1) is 111 Å². The van der Waals surface area contributed by atoms with Crippen molar-refractivity contribution in [2.45, 2.75) is 0 Å². The Morgan fingerprint density at radius 3 is 0.739 bits per heavy atom. The molecule has 0 spiro atoms. The average molecular weight is 1170 g/mol. The van der Waals surface area contributed by atoms with Crippen LogP contribution in [-0.2, 0) is 0 Å². The van der Waals surface area contributed by atoms with E-state index in [4.69, 9.17) is 4.98 Å². The second-order valence-electron chi connectivity index (χ2n) is 24.1. The van der Waals surface area contributed by atoms with E-state index in [1.165, 1.54) is 10.8 Å². The molecule has 92 heavy (non-hydrogen) atoms. The van der Waals surface area contributed by atoms with Crippen molar-refractivity contribution in [1.82, 2.24) is 32.4 Å². The minimum atomic E-state index is 0.470. The van der Waals surface area contributed by atoms with Gasteiger partial charge in [0.15, 0.2) is 0 Å². The van der Waals surface area contributed by atoms with Crippen LogP contribution in [0.4, 0.5) is 0 Å². The van der Waals surface area contributed by atoms with Crippen LogP contribution in [0, 0.1) is 11.3 Å². The number of hydrogen-bond acceptors (Lipinski definition) is 2. The van der Waals surface area contributed by atoms with Crippen molar-refractivity contribution in [3.63, 3.8) is 0 Å². The lowest BCUT2D eigenvalue weighted by molar-refractivity contribution is 0.998. The van der Waals surface area contributed by atoms with Crippen molar-refractivity contribution >= 4 is 131 Å². The molecule has 13 aromatic carbocycles. The third-order valence-electron chi connectivity index (χ3n) is 19.5. The van der Waals surface area contributed by atoms with Crippen molar-refractivity contribution in [3.8, 4) is 51.5 Å². The largest absolute Gasteiger partial charge is 0.309 e. The highest BCUT2D eigenvalue weighted by atomic mass is 15.2. The van der Waals surface area contributed by atoms with E-state index in [2.05, 4.69) is 325 Å². The fourth-order valence-electron chi connectivity index (χ4n) is 15.8. The van der Waals surface area contributed by atoms with E-state index < -0.39 is 0 Å². The molecule has 7 heterocycles. The molecular formula is C84H50N8. The molecule has 0 atom stereocenters. The van der Waals surface area contributed by atoms with E-state index in [0.717, 1.165) is 160 Å². The zero-order valence-electron chi connectivity index (χ0n) is 49.4. The standard InChI is InChI=1S/C84H50N8/c85-50-52-45-47-66(86-51-52)79-80(88-69-36-14-3-25-56(69)57-26-4-15-37-70(57)88)82(90-73-40-18-7-29-60(73)61-30-8-19-41-74(61)90)84(92-77-44-22-11-33-64(77)65-49-53(46-48-78(65)92)87-67-34-12-1-23-54(67)55-24-2-13-35-68(55)87)83(91-75-42-20-9-31-62(75)63-32-10-21-43-76(63)91)81(79)89-71-38-16-5-27-58(71)59-28-6-17-39-72(59)89/h1-49,51H. The van der Waals surface area contributed by atoms with Gasteiger partial charge < -0.3 is 27.4 Å². The normalized spacial score (nSPS) is 12.1. The lowest BCUT2D eigenvalue weighted by Crippen LogP contribution is -2.18. The summed E-state index contributed by atoms with van der Waals surface area (Å²) in [5.74, 6) is 0. The van der Waals surface area contributed by atoms with Crippen LogP contribution >= 0.6 is 0 Å². The summed E-state index contributed by atoms with van der Waals surface area (Å²) in [5, 5.41) is 24.3. The van der Waals surface area contributed by atoms with Crippen LogP contribution in [0.15, 0.2) is 303 Å². The summed E-state index contributed by atoms with van der Waals surface area (Å²) in [5.41, 5.74) is 20.5. The lowest BCUT2D eigenvalue weighted by Gasteiger charge is -2.31. The molecular weight excluding hydrogens is 1120 g/mol. The number of aromatic nitrogens is 7. The van der Waals surface area contributed by atoms with Gasteiger partial charge in [-0.2, -0.15) is 5.26 Å². The number of benzene rings is 13. The van der Waals surface area contributed by atoms with Crippen molar-refractivity contribution in [2.75, 3.05) is 0 Å². The smallest absolute Gasteiger partial charge is 0.101 e. The molecule has 20 rings (SSSR count). The second-order valence-corrected chi connectivity index (χ2v) is 24.1. The topological polar surface area (TPSA) is 66.3 Å². The first kappa shape index (κ1) is 50.3. The predicted octanol–water partition coefficient (Wildman–Crippen LogP) is 21.2. The maximum absolute atomic E-state index is 10.7. The van der Waals surface area contributed by atoms with Crippen molar-refractivity contribution in [1.29, 1.82) is 5.26 Å². The van der Waals surface area contributed by atoms with Gasteiger partial charge in [-0.25, -0.2) is 0 Å². The first-order valence-corrected chi connectivity index (χ1v) is 31.3. The molecule has 0 aliphatic carbocycles. The monoisotopic (exact) mass is 1170 g/mol. The predicted molar refractivity (Wildman–Crippen MR) is 380 cm³/mol. The fraction of sp³-hybridized carbons (Fsp3) is 0. The number of para-hydroxylation sites is 11. The van der Waals surface area contributed by atoms with Gasteiger partial charge in [-0.1, -0.05) is 200 Å². The molecule has 0 aliphatic rings. The van der Waals surface area contributed by atoms with E-state index in [1.807, 2.05) is 6.07 Å². The molecule has 8 nitrogen and oxygen atoms in total. The fourth-order valence-corrected chi connectivity index (χ4v) is 15.8.